The van der Waals surface area contributed by atoms with Crippen LogP contribution in [0.15, 0.2) is 23.4 Å². The van der Waals surface area contributed by atoms with Crippen molar-refractivity contribution in [2.45, 2.75) is 32.5 Å². The molecule has 0 bridgehead atoms. The second kappa shape index (κ2) is 9.83. The molecule has 1 amide bonds. The number of carbonyl (C=O) groups excluding carboxylic acids is 1. The van der Waals surface area contributed by atoms with Crippen molar-refractivity contribution in [2.24, 2.45) is 0 Å². The third-order valence-corrected chi connectivity index (χ3v) is 4.97. The first-order valence-corrected chi connectivity index (χ1v) is 10.0. The van der Waals surface area contributed by atoms with E-state index >= 15 is 0 Å². The van der Waals surface area contributed by atoms with E-state index < -0.39 is 17.8 Å². The van der Waals surface area contributed by atoms with Crippen molar-refractivity contribution in [3.8, 4) is 0 Å². The maximum atomic E-state index is 12.7. The average Bonchev–Trinajstić information content (AvgIpc) is 3.01. The maximum Gasteiger partial charge on any atom is 0.419 e. The zero-order chi connectivity index (χ0) is 23.3. The first kappa shape index (κ1) is 23.3. The smallest absolute Gasteiger partial charge is 0.419 e. The summed E-state index contributed by atoms with van der Waals surface area (Å²) in [6.45, 7) is 5.17. The van der Waals surface area contributed by atoms with Crippen molar-refractivity contribution in [1.82, 2.24) is 25.1 Å². The monoisotopic (exact) mass is 455 g/mol. The van der Waals surface area contributed by atoms with Gasteiger partial charge in [0.25, 0.3) is 5.56 Å². The number of alkyl halides is 3. The molecule has 3 heterocycles. The van der Waals surface area contributed by atoms with E-state index in [-0.39, 0.29) is 24.2 Å². The second-order valence-corrected chi connectivity index (χ2v) is 7.46. The van der Waals surface area contributed by atoms with E-state index in [1.807, 2.05) is 0 Å². The molecule has 174 valence electrons. The lowest BCUT2D eigenvalue weighted by atomic mass is 10.2. The minimum atomic E-state index is -4.49. The minimum Gasteiger partial charge on any atom is -0.447 e. The van der Waals surface area contributed by atoms with Crippen LogP contribution in [0.2, 0.25) is 0 Å². The molecule has 1 aliphatic rings. The summed E-state index contributed by atoms with van der Waals surface area (Å²) in [6, 6.07) is -0.259. The van der Waals surface area contributed by atoms with Crippen LogP contribution < -0.4 is 15.8 Å². The molecule has 1 aliphatic heterocycles. The van der Waals surface area contributed by atoms with Crippen molar-refractivity contribution in [2.75, 3.05) is 43.0 Å². The molecule has 0 saturated carbocycles. The zero-order valence-electron chi connectivity index (χ0n) is 17.6. The van der Waals surface area contributed by atoms with Crippen LogP contribution in [-0.2, 0) is 10.9 Å². The van der Waals surface area contributed by atoms with Crippen molar-refractivity contribution in [3.05, 3.63) is 40.1 Å². The van der Waals surface area contributed by atoms with Crippen molar-refractivity contribution >= 4 is 17.7 Å². The van der Waals surface area contributed by atoms with Gasteiger partial charge in [0.2, 0.25) is 5.95 Å². The number of carbonyl (C=O) groups is 1. The van der Waals surface area contributed by atoms with E-state index in [0.29, 0.717) is 43.9 Å². The van der Waals surface area contributed by atoms with Gasteiger partial charge in [-0.1, -0.05) is 0 Å². The van der Waals surface area contributed by atoms with E-state index in [1.165, 1.54) is 11.1 Å². The third kappa shape index (κ3) is 5.86. The molecule has 2 aromatic heterocycles. The van der Waals surface area contributed by atoms with Gasteiger partial charge in [0, 0.05) is 44.1 Å². The molecule has 0 unspecified atom stereocenters. The Morgan fingerprint density at radius 3 is 2.62 bits per heavy atom. The van der Waals surface area contributed by atoms with Gasteiger partial charge in [-0.15, -0.1) is 0 Å². The topological polar surface area (TPSA) is 116 Å². The Kier molecular flexibility index (Phi) is 7.15. The number of anilines is 2. The SMILES string of the molecule is Cc1c(N[C@@H](C)COC(=O)N2CCCN(c3ncc(C(F)(F)F)cn3)CC2)cn[nH]c1=O. The van der Waals surface area contributed by atoms with Crippen LogP contribution >= 0.6 is 0 Å². The van der Waals surface area contributed by atoms with Crippen LogP contribution in [0, 0.1) is 6.92 Å². The lowest BCUT2D eigenvalue weighted by molar-refractivity contribution is -0.138. The van der Waals surface area contributed by atoms with Crippen LogP contribution in [-0.4, -0.2) is 70.0 Å². The van der Waals surface area contributed by atoms with Crippen LogP contribution in [0.1, 0.15) is 24.5 Å². The van der Waals surface area contributed by atoms with Gasteiger partial charge in [0.05, 0.1) is 23.5 Å². The number of rotatable bonds is 5. The zero-order valence-corrected chi connectivity index (χ0v) is 17.6. The van der Waals surface area contributed by atoms with Crippen molar-refractivity contribution in [3.63, 3.8) is 0 Å². The molecular weight excluding hydrogens is 431 g/mol. The van der Waals surface area contributed by atoms with Crippen LogP contribution in [0.25, 0.3) is 0 Å². The summed E-state index contributed by atoms with van der Waals surface area (Å²) in [5, 5.41) is 9.16. The Hall–Kier alpha value is -3.38. The van der Waals surface area contributed by atoms with E-state index in [0.717, 1.165) is 12.4 Å². The quantitative estimate of drug-likeness (QED) is 0.704. The summed E-state index contributed by atoms with van der Waals surface area (Å²) in [5.41, 5.74) is -0.170. The van der Waals surface area contributed by atoms with E-state index in [9.17, 15) is 22.8 Å². The fourth-order valence-corrected chi connectivity index (χ4v) is 3.13. The third-order valence-electron chi connectivity index (χ3n) is 4.97. The van der Waals surface area contributed by atoms with Crippen LogP contribution in [0.3, 0.4) is 0 Å². The van der Waals surface area contributed by atoms with Gasteiger partial charge in [0.1, 0.15) is 6.61 Å². The summed E-state index contributed by atoms with van der Waals surface area (Å²) >= 11 is 0. The molecule has 3 rings (SSSR count). The highest BCUT2D eigenvalue weighted by molar-refractivity contribution is 5.67. The van der Waals surface area contributed by atoms with E-state index in [1.54, 1.807) is 18.7 Å². The summed E-state index contributed by atoms with van der Waals surface area (Å²) in [7, 11) is 0. The average molecular weight is 455 g/mol. The number of hydrogen-bond acceptors (Lipinski definition) is 8. The van der Waals surface area contributed by atoms with Gasteiger partial charge in [-0.25, -0.2) is 19.9 Å². The summed E-state index contributed by atoms with van der Waals surface area (Å²) in [5.74, 6) is 0.188. The number of nitrogens with one attached hydrogen (secondary N) is 2. The van der Waals surface area contributed by atoms with Crippen molar-refractivity contribution < 1.29 is 22.7 Å². The fraction of sp³-hybridized carbons (Fsp3) is 0.526. The Morgan fingerprint density at radius 2 is 1.94 bits per heavy atom. The Bertz CT molecular complexity index is 981. The molecule has 0 aliphatic carbocycles. The lowest BCUT2D eigenvalue weighted by Crippen LogP contribution is -2.37. The number of amides is 1. The molecule has 1 saturated heterocycles. The summed E-state index contributed by atoms with van der Waals surface area (Å²) in [6.07, 6.45) is -1.39. The molecule has 0 radical (unpaired) electrons. The first-order valence-electron chi connectivity index (χ1n) is 10.0. The van der Waals surface area contributed by atoms with Gasteiger partial charge in [-0.05, 0) is 20.3 Å². The molecule has 0 spiro atoms. The molecule has 2 N–H and O–H groups in total. The highest BCUT2D eigenvalue weighted by Crippen LogP contribution is 2.28. The normalized spacial score (nSPS) is 15.8. The molecule has 2 aromatic rings. The Balaban J connectivity index is 1.50. The summed E-state index contributed by atoms with van der Waals surface area (Å²) < 4.78 is 43.4. The number of aromatic amines is 1. The molecule has 1 atom stereocenters. The van der Waals surface area contributed by atoms with Gasteiger partial charge in [0.15, 0.2) is 0 Å². The second-order valence-electron chi connectivity index (χ2n) is 7.46. The van der Waals surface area contributed by atoms with Gasteiger partial charge < -0.3 is 19.9 Å². The molecular formula is C19H24F3N7O3. The van der Waals surface area contributed by atoms with Crippen LogP contribution in [0.5, 0.6) is 0 Å². The van der Waals surface area contributed by atoms with Gasteiger partial charge >= 0.3 is 12.3 Å². The van der Waals surface area contributed by atoms with Gasteiger partial charge in [-0.3, -0.25) is 4.79 Å². The number of H-pyrrole nitrogens is 1. The number of aromatic nitrogens is 4. The largest absolute Gasteiger partial charge is 0.447 e. The number of nitrogens with zero attached hydrogens (tertiary/aromatic N) is 5. The van der Waals surface area contributed by atoms with Crippen LogP contribution in [0.4, 0.5) is 29.6 Å². The molecule has 32 heavy (non-hydrogen) atoms. The highest BCUT2D eigenvalue weighted by Gasteiger charge is 2.32. The number of hydrogen-bond donors (Lipinski definition) is 2. The van der Waals surface area contributed by atoms with Gasteiger partial charge in [-0.2, -0.15) is 18.3 Å². The predicted molar refractivity (Wildman–Crippen MR) is 109 cm³/mol. The molecule has 0 aromatic carbocycles. The molecule has 1 fully saturated rings. The molecule has 10 nitrogen and oxygen atoms in total. The van der Waals surface area contributed by atoms with Crippen molar-refractivity contribution in [1.29, 1.82) is 0 Å². The standard InChI is InChI=1S/C19H24F3N7O3/c1-12(26-15-10-25-27-16(30)13(15)2)11-32-18(31)29-5-3-4-28(6-7-29)17-23-8-14(9-24-17)19(20,21)22/h8-10,12H,3-7,11H2,1-2H3,(H2,26,27,30)/t12-/m0/s1. The number of ether oxygens (including phenoxy) is 1. The maximum absolute atomic E-state index is 12.7. The predicted octanol–water partition coefficient (Wildman–Crippen LogP) is 2.04. The van der Waals surface area contributed by atoms with E-state index in [2.05, 4.69) is 25.5 Å². The molecule has 13 heteroatoms. The fourth-order valence-electron chi connectivity index (χ4n) is 3.13. The lowest BCUT2D eigenvalue weighted by Gasteiger charge is -2.23. The first-order chi connectivity index (χ1) is 15.1. The Morgan fingerprint density at radius 1 is 1.22 bits per heavy atom. The highest BCUT2D eigenvalue weighted by atomic mass is 19.4. The van der Waals surface area contributed by atoms with E-state index in [4.69, 9.17) is 4.74 Å². The Labute approximate surface area is 181 Å². The number of halogens is 3. The minimum absolute atomic E-state index is 0.0767. The summed E-state index contributed by atoms with van der Waals surface area (Å²) in [4.78, 5) is 35.0.